The van der Waals surface area contributed by atoms with E-state index >= 15 is 0 Å². The minimum absolute atomic E-state index is 0.394. The Kier molecular flexibility index (Phi) is 4.88. The van der Waals surface area contributed by atoms with Crippen LogP contribution in [0, 0.1) is 0 Å². The van der Waals surface area contributed by atoms with Gasteiger partial charge >= 0.3 is 5.97 Å². The van der Waals surface area contributed by atoms with Crippen LogP contribution in [0.5, 0.6) is 11.5 Å². The van der Waals surface area contributed by atoms with Gasteiger partial charge in [-0.3, -0.25) is 0 Å². The highest BCUT2D eigenvalue weighted by Gasteiger charge is 2.39. The van der Waals surface area contributed by atoms with Gasteiger partial charge in [-0.15, -0.1) is 0 Å². The summed E-state index contributed by atoms with van der Waals surface area (Å²) in [5, 5.41) is 0. The van der Waals surface area contributed by atoms with Gasteiger partial charge in [0.25, 0.3) is 0 Å². The fraction of sp³-hybridized carbons (Fsp3) is 0.263. The van der Waals surface area contributed by atoms with Gasteiger partial charge in [0.15, 0.2) is 12.1 Å². The number of hydrogen-bond acceptors (Lipinski definition) is 6. The Hall–Kier alpha value is -3.02. The lowest BCUT2D eigenvalue weighted by molar-refractivity contribution is -0.143. The van der Waals surface area contributed by atoms with Crippen molar-refractivity contribution in [3.05, 3.63) is 59.7 Å². The van der Waals surface area contributed by atoms with Crippen LogP contribution in [0.1, 0.15) is 17.2 Å². The van der Waals surface area contributed by atoms with Gasteiger partial charge in [0.05, 0.1) is 21.3 Å². The molecule has 0 unspecified atom stereocenters. The molecule has 0 aromatic heterocycles. The molecule has 1 aliphatic rings. The first kappa shape index (κ1) is 16.8. The fourth-order valence-corrected chi connectivity index (χ4v) is 2.65. The first-order chi connectivity index (χ1) is 12.2. The highest BCUT2D eigenvalue weighted by atomic mass is 16.5. The summed E-state index contributed by atoms with van der Waals surface area (Å²) in [5.41, 5.74) is 1.56. The smallest absolute Gasteiger partial charge is 0.335 e. The normalized spacial score (nSPS) is 18.9. The van der Waals surface area contributed by atoms with Crippen LogP contribution in [-0.2, 0) is 14.3 Å². The van der Waals surface area contributed by atoms with Crippen LogP contribution in [0.3, 0.4) is 0 Å². The third kappa shape index (κ3) is 3.42. The molecule has 130 valence electrons. The molecule has 6 nitrogen and oxygen atoms in total. The molecule has 0 saturated carbocycles. The van der Waals surface area contributed by atoms with Crippen molar-refractivity contribution < 1.29 is 23.7 Å². The predicted molar refractivity (Wildman–Crippen MR) is 92.2 cm³/mol. The molecule has 6 heteroatoms. The number of rotatable bonds is 5. The minimum atomic E-state index is -0.769. The Labute approximate surface area is 146 Å². The molecule has 1 aliphatic heterocycles. The van der Waals surface area contributed by atoms with Crippen molar-refractivity contribution in [3.8, 4) is 11.5 Å². The topological polar surface area (TPSA) is 66.4 Å². The predicted octanol–water partition coefficient (Wildman–Crippen LogP) is 2.76. The van der Waals surface area contributed by atoms with E-state index in [0.717, 1.165) is 16.9 Å². The molecular weight excluding hydrogens is 322 g/mol. The van der Waals surface area contributed by atoms with Crippen molar-refractivity contribution in [1.82, 2.24) is 0 Å². The summed E-state index contributed by atoms with van der Waals surface area (Å²) in [6.45, 7) is 0. The molecule has 2 aromatic carbocycles. The zero-order chi connectivity index (χ0) is 17.8. The van der Waals surface area contributed by atoms with Gasteiger partial charge in [0.2, 0.25) is 5.90 Å². The number of aliphatic imine (C=N–C) groups is 1. The first-order valence-corrected chi connectivity index (χ1v) is 7.77. The van der Waals surface area contributed by atoms with E-state index < -0.39 is 18.1 Å². The lowest BCUT2D eigenvalue weighted by Gasteiger charge is -2.17. The largest absolute Gasteiger partial charge is 0.497 e. The van der Waals surface area contributed by atoms with E-state index in [-0.39, 0.29) is 0 Å². The standard InChI is InChI=1S/C19H19NO5/c1-22-14-9-7-12(8-10-14)18-20-16(19(21)24-3)17(25-18)13-5-4-6-15(11-13)23-2/h4-11,16-17H,1-3H3/t16-,17-/m0/s1. The van der Waals surface area contributed by atoms with Gasteiger partial charge in [0, 0.05) is 5.56 Å². The molecule has 0 amide bonds. The number of carbonyl (C=O) groups excluding carboxylic acids is 1. The second-order valence-corrected chi connectivity index (χ2v) is 5.45. The average Bonchev–Trinajstić information content (AvgIpc) is 3.13. The van der Waals surface area contributed by atoms with Gasteiger partial charge in [-0.05, 0) is 42.0 Å². The van der Waals surface area contributed by atoms with Crippen molar-refractivity contribution >= 4 is 11.9 Å². The third-order valence-electron chi connectivity index (χ3n) is 3.98. The zero-order valence-corrected chi connectivity index (χ0v) is 14.3. The van der Waals surface area contributed by atoms with Crippen molar-refractivity contribution in [3.63, 3.8) is 0 Å². The maximum Gasteiger partial charge on any atom is 0.335 e. The molecule has 0 bridgehead atoms. The van der Waals surface area contributed by atoms with E-state index in [9.17, 15) is 4.79 Å². The van der Waals surface area contributed by atoms with Crippen LogP contribution in [0.4, 0.5) is 0 Å². The van der Waals surface area contributed by atoms with Crippen LogP contribution in [0.2, 0.25) is 0 Å². The molecule has 25 heavy (non-hydrogen) atoms. The summed E-state index contributed by atoms with van der Waals surface area (Å²) in [6.07, 6.45) is -0.570. The van der Waals surface area contributed by atoms with Crippen LogP contribution < -0.4 is 9.47 Å². The van der Waals surface area contributed by atoms with Crippen LogP contribution in [0.15, 0.2) is 53.5 Å². The second kappa shape index (κ2) is 7.25. The van der Waals surface area contributed by atoms with Gasteiger partial charge in [-0.25, -0.2) is 9.79 Å². The van der Waals surface area contributed by atoms with Crippen molar-refractivity contribution in [2.45, 2.75) is 12.1 Å². The Morgan fingerprint density at radius 1 is 1.00 bits per heavy atom. The highest BCUT2D eigenvalue weighted by Crippen LogP contribution is 2.33. The molecular formula is C19H19NO5. The number of nitrogens with zero attached hydrogens (tertiary/aromatic N) is 1. The summed E-state index contributed by atoms with van der Waals surface area (Å²) in [4.78, 5) is 16.6. The van der Waals surface area contributed by atoms with E-state index in [1.165, 1.54) is 7.11 Å². The van der Waals surface area contributed by atoms with Gasteiger partial charge in [-0.2, -0.15) is 0 Å². The molecule has 0 spiro atoms. The summed E-state index contributed by atoms with van der Waals surface area (Å²) < 4.78 is 21.3. The third-order valence-corrected chi connectivity index (χ3v) is 3.98. The van der Waals surface area contributed by atoms with E-state index in [4.69, 9.17) is 18.9 Å². The molecule has 0 fully saturated rings. The van der Waals surface area contributed by atoms with Crippen molar-refractivity contribution in [1.29, 1.82) is 0 Å². The highest BCUT2D eigenvalue weighted by molar-refractivity contribution is 5.98. The second-order valence-electron chi connectivity index (χ2n) is 5.45. The Balaban J connectivity index is 1.93. The van der Waals surface area contributed by atoms with Gasteiger partial charge < -0.3 is 18.9 Å². The maximum absolute atomic E-state index is 12.2. The number of hydrogen-bond donors (Lipinski definition) is 0. The molecule has 0 saturated heterocycles. The van der Waals surface area contributed by atoms with E-state index in [0.29, 0.717) is 11.6 Å². The number of methoxy groups -OCH3 is 3. The zero-order valence-electron chi connectivity index (χ0n) is 14.3. The SMILES string of the molecule is COC(=O)[C@H]1N=C(c2ccc(OC)cc2)O[C@H]1c1cccc(OC)c1. The summed E-state index contributed by atoms with van der Waals surface area (Å²) in [7, 11) is 4.53. The summed E-state index contributed by atoms with van der Waals surface area (Å²) in [6, 6.07) is 13.9. The molecule has 0 aliphatic carbocycles. The first-order valence-electron chi connectivity index (χ1n) is 7.77. The van der Waals surface area contributed by atoms with Crippen LogP contribution in [-0.4, -0.2) is 39.2 Å². The number of esters is 1. The monoisotopic (exact) mass is 341 g/mol. The average molecular weight is 341 g/mol. The van der Waals surface area contributed by atoms with E-state index in [2.05, 4.69) is 4.99 Å². The number of carbonyl (C=O) groups is 1. The minimum Gasteiger partial charge on any atom is -0.497 e. The Morgan fingerprint density at radius 2 is 1.72 bits per heavy atom. The van der Waals surface area contributed by atoms with Gasteiger partial charge in [0.1, 0.15) is 11.5 Å². The summed E-state index contributed by atoms with van der Waals surface area (Å²) in [5.74, 6) is 1.36. The van der Waals surface area contributed by atoms with E-state index in [1.54, 1.807) is 14.2 Å². The van der Waals surface area contributed by atoms with Crippen molar-refractivity contribution in [2.24, 2.45) is 4.99 Å². The summed E-state index contributed by atoms with van der Waals surface area (Å²) >= 11 is 0. The van der Waals surface area contributed by atoms with Crippen LogP contribution in [0.25, 0.3) is 0 Å². The molecule has 2 aromatic rings. The fourth-order valence-electron chi connectivity index (χ4n) is 2.65. The molecule has 0 radical (unpaired) electrons. The van der Waals surface area contributed by atoms with Crippen LogP contribution >= 0.6 is 0 Å². The van der Waals surface area contributed by atoms with Crippen molar-refractivity contribution in [2.75, 3.05) is 21.3 Å². The maximum atomic E-state index is 12.2. The van der Waals surface area contributed by atoms with E-state index in [1.807, 2.05) is 48.5 Å². The molecule has 0 N–H and O–H groups in total. The van der Waals surface area contributed by atoms with Gasteiger partial charge in [-0.1, -0.05) is 12.1 Å². The lowest BCUT2D eigenvalue weighted by atomic mass is 10.0. The number of ether oxygens (including phenoxy) is 4. The Morgan fingerprint density at radius 3 is 2.36 bits per heavy atom. The molecule has 2 atom stereocenters. The quantitative estimate of drug-likeness (QED) is 0.783. The lowest BCUT2D eigenvalue weighted by Crippen LogP contribution is -2.25. The number of benzene rings is 2. The molecule has 3 rings (SSSR count). The Bertz CT molecular complexity index is 785. The molecule has 1 heterocycles.